The van der Waals surface area contributed by atoms with Crippen LogP contribution in [0.25, 0.3) is 0 Å². The van der Waals surface area contributed by atoms with E-state index in [9.17, 15) is 13.6 Å². The van der Waals surface area contributed by atoms with E-state index in [1.807, 2.05) is 45.6 Å². The van der Waals surface area contributed by atoms with Crippen LogP contribution in [0.5, 0.6) is 11.8 Å². The Hall–Kier alpha value is -3.30. The molecule has 0 saturated carbocycles. The molecule has 1 N–H and O–H groups in total. The van der Waals surface area contributed by atoms with Crippen molar-refractivity contribution in [2.45, 2.75) is 90.1 Å². The molecule has 1 aromatic heterocycles. The highest BCUT2D eigenvalue weighted by Gasteiger charge is 2.31. The van der Waals surface area contributed by atoms with Crippen molar-refractivity contribution in [3.8, 4) is 11.8 Å². The van der Waals surface area contributed by atoms with Gasteiger partial charge in [-0.3, -0.25) is 9.79 Å². The van der Waals surface area contributed by atoms with Gasteiger partial charge in [-0.15, -0.1) is 9.24 Å². The van der Waals surface area contributed by atoms with Gasteiger partial charge in [0.2, 0.25) is 23.5 Å². The highest BCUT2D eigenvalue weighted by molar-refractivity contribution is 7.27. The topological polar surface area (TPSA) is 101 Å². The Kier molecular flexibility index (Phi) is 13.8. The molecule has 1 fully saturated rings. The zero-order valence-electron chi connectivity index (χ0n) is 28.1. The fourth-order valence-corrected chi connectivity index (χ4v) is 6.26. The molecule has 46 heavy (non-hydrogen) atoms. The number of hydrogen-bond acceptors (Lipinski definition) is 7. The van der Waals surface area contributed by atoms with Gasteiger partial charge in [-0.2, -0.15) is 9.97 Å². The highest BCUT2D eigenvalue weighted by Crippen LogP contribution is 2.28. The molecule has 1 aromatic carbocycles. The van der Waals surface area contributed by atoms with Gasteiger partial charge < -0.3 is 19.7 Å². The number of nitrogens with one attached hydrogen (secondary N) is 1. The smallest absolute Gasteiger partial charge is 0.246 e. The molecule has 3 rings (SSSR count). The average Bonchev–Trinajstić information content (AvgIpc) is 3.00. The number of carbonyl (C=O) groups is 1. The van der Waals surface area contributed by atoms with Crippen LogP contribution in [0.1, 0.15) is 71.7 Å². The Balaban J connectivity index is 1.94. The largest absolute Gasteiger partial charge is 0.474 e. The lowest BCUT2D eigenvalue weighted by Crippen LogP contribution is -2.48. The van der Waals surface area contributed by atoms with E-state index < -0.39 is 11.6 Å². The minimum atomic E-state index is -1.01. The number of amidine groups is 1. The van der Waals surface area contributed by atoms with Gasteiger partial charge in [0.25, 0.3) is 0 Å². The van der Waals surface area contributed by atoms with Gasteiger partial charge in [0.15, 0.2) is 5.84 Å². The van der Waals surface area contributed by atoms with Crippen LogP contribution in [-0.2, 0) is 10.2 Å². The predicted octanol–water partition coefficient (Wildman–Crippen LogP) is 5.23. The average molecular weight is 659 g/mol. The molecule has 0 bridgehead atoms. The zero-order valence-corrected chi connectivity index (χ0v) is 29.2. The van der Waals surface area contributed by atoms with Gasteiger partial charge in [-0.1, -0.05) is 46.4 Å². The van der Waals surface area contributed by atoms with Crippen LogP contribution < -0.4 is 20.1 Å². The molecule has 0 radical (unpaired) electrons. The first-order valence-electron chi connectivity index (χ1n) is 15.8. The lowest BCUT2D eigenvalue weighted by Gasteiger charge is -2.38. The predicted molar refractivity (Wildman–Crippen MR) is 184 cm³/mol. The first kappa shape index (κ1) is 37.2. The summed E-state index contributed by atoms with van der Waals surface area (Å²) in [5, 5.41) is 3.59. The standard InChI is InChI=1S/C34H49F2N6O3P/c1-9-24-17-25(14-15-42(24)30(43)10-2)45-29-18-28(44-22(4)21(3)16-23(35)19-37-7)40-33(41-29)32(38-8)39-20-34(5,6)31-26(36)12-11-13-27(31)46/h10-13,18,20-25,37H,2,9,14-17,19,46H2,1,3-8H3/t21-,22-,23+,24+,25-/m0/s1. The third-order valence-electron chi connectivity index (χ3n) is 8.34. The summed E-state index contributed by atoms with van der Waals surface area (Å²) in [5.74, 6) is 0.370. The van der Waals surface area contributed by atoms with Crippen LogP contribution in [0, 0.1) is 11.7 Å². The van der Waals surface area contributed by atoms with Crippen LogP contribution in [0.4, 0.5) is 8.78 Å². The molecule has 6 atom stereocenters. The number of amides is 1. The Morgan fingerprint density at radius 1 is 1.30 bits per heavy atom. The van der Waals surface area contributed by atoms with E-state index in [4.69, 9.17) is 9.47 Å². The number of aliphatic imine (C=N–C) groups is 2. The summed E-state index contributed by atoms with van der Waals surface area (Å²) < 4.78 is 41.8. The van der Waals surface area contributed by atoms with E-state index in [-0.39, 0.29) is 65.9 Å². The molecule has 1 aliphatic rings. The summed E-state index contributed by atoms with van der Waals surface area (Å²) in [7, 11) is 5.87. The van der Waals surface area contributed by atoms with Crippen molar-refractivity contribution in [3.63, 3.8) is 0 Å². The number of hydrogen-bond donors (Lipinski definition) is 1. The van der Waals surface area contributed by atoms with Crippen molar-refractivity contribution < 1.29 is 23.0 Å². The first-order valence-corrected chi connectivity index (χ1v) is 16.4. The number of benzene rings is 1. The molecule has 9 nitrogen and oxygen atoms in total. The first-order chi connectivity index (χ1) is 21.8. The number of nitrogens with zero attached hydrogens (tertiary/aromatic N) is 5. The monoisotopic (exact) mass is 658 g/mol. The van der Waals surface area contributed by atoms with Crippen LogP contribution in [0.2, 0.25) is 0 Å². The van der Waals surface area contributed by atoms with E-state index in [2.05, 4.69) is 41.1 Å². The minimum absolute atomic E-state index is 0.00741. The fraction of sp³-hybridized carbons (Fsp3) is 0.559. The molecule has 1 saturated heterocycles. The van der Waals surface area contributed by atoms with Gasteiger partial charge in [0.1, 0.15) is 24.2 Å². The molecule has 2 heterocycles. The summed E-state index contributed by atoms with van der Waals surface area (Å²) in [6.45, 7) is 14.0. The second kappa shape index (κ2) is 17.0. The molecular formula is C34H49F2N6O3P. The van der Waals surface area contributed by atoms with E-state index in [1.54, 1.807) is 32.4 Å². The van der Waals surface area contributed by atoms with Crippen LogP contribution in [0.3, 0.4) is 0 Å². The Bertz CT molecular complexity index is 1380. The summed E-state index contributed by atoms with van der Waals surface area (Å²) >= 11 is 0. The van der Waals surface area contributed by atoms with Gasteiger partial charge in [-0.25, -0.2) is 13.8 Å². The van der Waals surface area contributed by atoms with Gasteiger partial charge >= 0.3 is 0 Å². The van der Waals surface area contributed by atoms with Gasteiger partial charge in [0.05, 0.1) is 6.07 Å². The Labute approximate surface area is 274 Å². The van der Waals surface area contributed by atoms with Crippen molar-refractivity contribution in [3.05, 3.63) is 54.1 Å². The van der Waals surface area contributed by atoms with Crippen LogP contribution in [0.15, 0.2) is 46.9 Å². The maximum absolute atomic E-state index is 14.8. The normalized spacial score (nSPS) is 19.5. The third-order valence-corrected chi connectivity index (χ3v) is 8.82. The summed E-state index contributed by atoms with van der Waals surface area (Å²) in [5.41, 5.74) is -0.280. The molecule has 1 amide bonds. The lowest BCUT2D eigenvalue weighted by atomic mass is 9.85. The molecule has 1 aliphatic heterocycles. The molecular weight excluding hydrogens is 609 g/mol. The highest BCUT2D eigenvalue weighted by atomic mass is 31.0. The number of alkyl halides is 1. The number of piperidine rings is 1. The zero-order chi connectivity index (χ0) is 34.0. The molecule has 12 heteroatoms. The summed E-state index contributed by atoms with van der Waals surface area (Å²) in [6.07, 6.45) is 3.73. The number of aromatic nitrogens is 2. The SMILES string of the molecule is C=CC(=O)N1CC[C@H](Oc2cc(O[C@@H](C)[C@@H](C)C[C@@H](F)CNC)nc(C(N=CC(C)(C)c3c(F)cccc3P)=NC)n2)C[C@H]1CC. The maximum atomic E-state index is 14.8. The van der Waals surface area contributed by atoms with Crippen molar-refractivity contribution in [2.24, 2.45) is 15.9 Å². The van der Waals surface area contributed by atoms with E-state index in [0.29, 0.717) is 31.4 Å². The second-order valence-corrected chi connectivity index (χ2v) is 13.0. The van der Waals surface area contributed by atoms with Gasteiger partial charge in [-0.05, 0) is 50.2 Å². The molecule has 0 aliphatic carbocycles. The quantitative estimate of drug-likeness (QED) is 0.129. The number of ether oxygens (including phenoxy) is 2. The third kappa shape index (κ3) is 9.85. The van der Waals surface area contributed by atoms with Crippen molar-refractivity contribution in [1.82, 2.24) is 20.2 Å². The van der Waals surface area contributed by atoms with Crippen LogP contribution in [-0.4, -0.2) is 84.4 Å². The van der Waals surface area contributed by atoms with Crippen molar-refractivity contribution >= 4 is 32.5 Å². The molecule has 1 unspecified atom stereocenters. The molecule has 252 valence electrons. The van der Waals surface area contributed by atoms with Crippen molar-refractivity contribution in [1.29, 1.82) is 0 Å². The number of rotatable bonds is 14. The van der Waals surface area contributed by atoms with Crippen LogP contribution >= 0.6 is 9.24 Å². The number of halogens is 2. The van der Waals surface area contributed by atoms with Gasteiger partial charge in [0, 0.05) is 56.2 Å². The summed E-state index contributed by atoms with van der Waals surface area (Å²) in [4.78, 5) is 32.4. The van der Waals surface area contributed by atoms with E-state index in [0.717, 1.165) is 11.7 Å². The minimum Gasteiger partial charge on any atom is -0.474 e. The second-order valence-electron chi connectivity index (χ2n) is 12.4. The fourth-order valence-electron chi connectivity index (χ4n) is 5.64. The number of likely N-dealkylation sites (tertiary alicyclic amines) is 1. The number of carbonyl (C=O) groups excluding carboxylic acids is 1. The van der Waals surface area contributed by atoms with E-state index >= 15 is 0 Å². The summed E-state index contributed by atoms with van der Waals surface area (Å²) in [6, 6.07) is 6.54. The van der Waals surface area contributed by atoms with E-state index in [1.165, 1.54) is 12.1 Å². The lowest BCUT2D eigenvalue weighted by molar-refractivity contribution is -0.131. The van der Waals surface area contributed by atoms with Crippen molar-refractivity contribution in [2.75, 3.05) is 27.2 Å². The maximum Gasteiger partial charge on any atom is 0.246 e. The molecule has 2 aromatic rings. The molecule has 0 spiro atoms. The Morgan fingerprint density at radius 2 is 2.02 bits per heavy atom. The Morgan fingerprint density at radius 3 is 2.65 bits per heavy atom.